The van der Waals surface area contributed by atoms with Crippen molar-refractivity contribution >= 4 is 34.4 Å². The molecule has 1 aromatic heterocycles. The molecule has 1 heterocycles. The topological polar surface area (TPSA) is 79.3 Å². The Morgan fingerprint density at radius 3 is 2.82 bits per heavy atom. The van der Waals surface area contributed by atoms with Crippen molar-refractivity contribution < 1.29 is 14.7 Å². The Kier molecular flexibility index (Phi) is 5.33. The molecule has 0 saturated carbocycles. The van der Waals surface area contributed by atoms with Crippen LogP contribution in [0.25, 0.3) is 10.9 Å². The molecule has 0 bridgehead atoms. The largest absolute Gasteiger partial charge is 0.480 e. The van der Waals surface area contributed by atoms with E-state index < -0.39 is 17.9 Å². The second-order valence-corrected chi connectivity index (χ2v) is 5.41. The number of rotatable bonds is 6. The Labute approximate surface area is 133 Å². The van der Waals surface area contributed by atoms with Gasteiger partial charge in [-0.05, 0) is 30.7 Å². The highest BCUT2D eigenvalue weighted by atomic mass is 35.5. The fourth-order valence-corrected chi connectivity index (χ4v) is 2.44. The molecule has 0 aliphatic heterocycles. The molecule has 1 aromatic carbocycles. The van der Waals surface area contributed by atoms with Gasteiger partial charge >= 0.3 is 5.97 Å². The van der Waals surface area contributed by atoms with E-state index in [2.05, 4.69) is 10.3 Å². The van der Waals surface area contributed by atoms with Gasteiger partial charge in [0.05, 0.1) is 16.1 Å². The first-order chi connectivity index (χ1) is 10.5. The maximum absolute atomic E-state index is 12.4. The predicted molar refractivity (Wildman–Crippen MR) is 85.2 cm³/mol. The minimum atomic E-state index is -1.03. The summed E-state index contributed by atoms with van der Waals surface area (Å²) in [6.45, 7) is 1.97. The standard InChI is InChI=1S/C16H17ClN2O3/c1-2-3-6-13(16(21)22)19-15(20)11-7-8-12(17)10-5-4-9-18-14(10)11/h4-5,7-9,13H,2-3,6H2,1H3,(H,19,20)(H,21,22). The van der Waals surface area contributed by atoms with Gasteiger partial charge in [-0.15, -0.1) is 0 Å². The highest BCUT2D eigenvalue weighted by Crippen LogP contribution is 2.24. The van der Waals surface area contributed by atoms with Gasteiger partial charge in [0.15, 0.2) is 0 Å². The summed E-state index contributed by atoms with van der Waals surface area (Å²) < 4.78 is 0. The number of unbranched alkanes of at least 4 members (excludes halogenated alkanes) is 1. The lowest BCUT2D eigenvalue weighted by atomic mass is 10.1. The van der Waals surface area contributed by atoms with Crippen LogP contribution in [-0.2, 0) is 4.79 Å². The van der Waals surface area contributed by atoms with E-state index in [-0.39, 0.29) is 0 Å². The van der Waals surface area contributed by atoms with Gasteiger partial charge in [0, 0.05) is 11.6 Å². The van der Waals surface area contributed by atoms with Gasteiger partial charge in [-0.3, -0.25) is 9.78 Å². The van der Waals surface area contributed by atoms with Crippen LogP contribution in [0.2, 0.25) is 5.02 Å². The Morgan fingerprint density at radius 2 is 2.14 bits per heavy atom. The predicted octanol–water partition coefficient (Wildman–Crippen LogP) is 3.26. The molecular formula is C16H17ClN2O3. The fraction of sp³-hybridized carbons (Fsp3) is 0.312. The molecule has 0 aliphatic rings. The number of halogens is 1. The molecular weight excluding hydrogens is 304 g/mol. The molecule has 1 amide bonds. The van der Waals surface area contributed by atoms with E-state index >= 15 is 0 Å². The van der Waals surface area contributed by atoms with Gasteiger partial charge in [0.1, 0.15) is 6.04 Å². The summed E-state index contributed by atoms with van der Waals surface area (Å²) in [5.41, 5.74) is 0.787. The summed E-state index contributed by atoms with van der Waals surface area (Å²) in [7, 11) is 0. The van der Waals surface area contributed by atoms with Crippen LogP contribution in [0.15, 0.2) is 30.5 Å². The molecule has 1 unspecified atom stereocenters. The van der Waals surface area contributed by atoms with Crippen molar-refractivity contribution in [3.8, 4) is 0 Å². The van der Waals surface area contributed by atoms with E-state index in [0.29, 0.717) is 27.9 Å². The number of carboxylic acid groups (broad SMARTS) is 1. The number of amides is 1. The SMILES string of the molecule is CCCCC(NC(=O)c1ccc(Cl)c2cccnc12)C(=O)O. The maximum atomic E-state index is 12.4. The molecule has 22 heavy (non-hydrogen) atoms. The van der Waals surface area contributed by atoms with Crippen LogP contribution >= 0.6 is 11.6 Å². The van der Waals surface area contributed by atoms with Crippen LogP contribution in [0, 0.1) is 0 Å². The Balaban J connectivity index is 2.29. The lowest BCUT2D eigenvalue weighted by Gasteiger charge is -2.15. The van der Waals surface area contributed by atoms with Gasteiger partial charge in [0.2, 0.25) is 0 Å². The monoisotopic (exact) mass is 320 g/mol. The number of carboxylic acids is 1. The highest BCUT2D eigenvalue weighted by molar-refractivity contribution is 6.36. The van der Waals surface area contributed by atoms with Gasteiger partial charge in [-0.1, -0.05) is 31.4 Å². The van der Waals surface area contributed by atoms with Crippen molar-refractivity contribution in [3.05, 3.63) is 41.0 Å². The molecule has 0 spiro atoms. The van der Waals surface area contributed by atoms with Crippen LogP contribution in [0.5, 0.6) is 0 Å². The Bertz CT molecular complexity index is 703. The number of pyridine rings is 1. The lowest BCUT2D eigenvalue weighted by molar-refractivity contribution is -0.139. The molecule has 2 rings (SSSR count). The summed E-state index contributed by atoms with van der Waals surface area (Å²) in [4.78, 5) is 27.8. The third kappa shape index (κ3) is 3.54. The number of aliphatic carboxylic acids is 1. The summed E-state index contributed by atoms with van der Waals surface area (Å²) in [5, 5.41) is 12.9. The molecule has 6 heteroatoms. The molecule has 1 atom stereocenters. The quantitative estimate of drug-likeness (QED) is 0.856. The summed E-state index contributed by atoms with van der Waals surface area (Å²) in [5.74, 6) is -1.49. The van der Waals surface area contributed by atoms with Gasteiger partial charge in [-0.2, -0.15) is 0 Å². The zero-order chi connectivity index (χ0) is 16.1. The number of nitrogens with zero attached hydrogens (tertiary/aromatic N) is 1. The Hall–Kier alpha value is -2.14. The first-order valence-electron chi connectivity index (χ1n) is 7.11. The summed E-state index contributed by atoms with van der Waals surface area (Å²) in [6, 6.07) is 5.78. The molecule has 5 nitrogen and oxygen atoms in total. The minimum absolute atomic E-state index is 0.322. The molecule has 0 aliphatic carbocycles. The molecule has 0 fully saturated rings. The number of nitrogens with one attached hydrogen (secondary N) is 1. The number of carbonyl (C=O) groups excluding carboxylic acids is 1. The molecule has 116 valence electrons. The number of benzene rings is 1. The molecule has 2 N–H and O–H groups in total. The molecule has 2 aromatic rings. The lowest BCUT2D eigenvalue weighted by Crippen LogP contribution is -2.40. The third-order valence-corrected chi connectivity index (χ3v) is 3.74. The average molecular weight is 321 g/mol. The third-order valence-electron chi connectivity index (χ3n) is 3.41. The van der Waals surface area contributed by atoms with Crippen LogP contribution < -0.4 is 5.32 Å². The smallest absolute Gasteiger partial charge is 0.326 e. The first kappa shape index (κ1) is 16.2. The highest BCUT2D eigenvalue weighted by Gasteiger charge is 2.21. The van der Waals surface area contributed by atoms with E-state index in [4.69, 9.17) is 11.6 Å². The van der Waals surface area contributed by atoms with Gasteiger partial charge < -0.3 is 10.4 Å². The second-order valence-electron chi connectivity index (χ2n) is 5.00. The average Bonchev–Trinajstić information content (AvgIpc) is 2.51. The number of hydrogen-bond acceptors (Lipinski definition) is 3. The first-order valence-corrected chi connectivity index (χ1v) is 7.49. The second kappa shape index (κ2) is 7.22. The van der Waals surface area contributed by atoms with E-state index in [0.717, 1.165) is 12.8 Å². The molecule has 0 radical (unpaired) electrons. The number of hydrogen-bond donors (Lipinski definition) is 2. The minimum Gasteiger partial charge on any atom is -0.480 e. The van der Waals surface area contributed by atoms with E-state index in [1.807, 2.05) is 6.92 Å². The van der Waals surface area contributed by atoms with Crippen molar-refractivity contribution in [3.63, 3.8) is 0 Å². The number of fused-ring (bicyclic) bond motifs is 1. The molecule has 0 saturated heterocycles. The van der Waals surface area contributed by atoms with Crippen molar-refractivity contribution in [2.75, 3.05) is 0 Å². The fourth-order valence-electron chi connectivity index (χ4n) is 2.22. The zero-order valence-electron chi connectivity index (χ0n) is 12.2. The maximum Gasteiger partial charge on any atom is 0.326 e. The van der Waals surface area contributed by atoms with Crippen LogP contribution in [-0.4, -0.2) is 28.0 Å². The normalized spacial score (nSPS) is 12.1. The van der Waals surface area contributed by atoms with Crippen molar-refractivity contribution in [2.24, 2.45) is 0 Å². The van der Waals surface area contributed by atoms with Crippen LogP contribution in [0.1, 0.15) is 36.5 Å². The van der Waals surface area contributed by atoms with E-state index in [1.165, 1.54) is 0 Å². The van der Waals surface area contributed by atoms with E-state index in [1.54, 1.807) is 30.5 Å². The van der Waals surface area contributed by atoms with Crippen molar-refractivity contribution in [1.29, 1.82) is 0 Å². The van der Waals surface area contributed by atoms with Gasteiger partial charge in [-0.25, -0.2) is 4.79 Å². The van der Waals surface area contributed by atoms with Crippen molar-refractivity contribution in [1.82, 2.24) is 10.3 Å². The number of carbonyl (C=O) groups is 2. The van der Waals surface area contributed by atoms with Crippen LogP contribution in [0.4, 0.5) is 0 Å². The van der Waals surface area contributed by atoms with E-state index in [9.17, 15) is 14.7 Å². The van der Waals surface area contributed by atoms with Crippen LogP contribution in [0.3, 0.4) is 0 Å². The summed E-state index contributed by atoms with van der Waals surface area (Å²) >= 11 is 6.09. The van der Waals surface area contributed by atoms with Gasteiger partial charge in [0.25, 0.3) is 5.91 Å². The summed E-state index contributed by atoms with van der Waals surface area (Å²) in [6.07, 6.45) is 3.57. The number of aromatic nitrogens is 1. The Morgan fingerprint density at radius 1 is 1.36 bits per heavy atom. The van der Waals surface area contributed by atoms with Crippen molar-refractivity contribution in [2.45, 2.75) is 32.2 Å². The zero-order valence-corrected chi connectivity index (χ0v) is 12.9.